The SMILES string of the molecule is N#Cc1c(N2CCN(CC(=O)NC[C@@H]3CCCO3)CC2)nc(-c2ccccc2)c2c1CCC2. The molecule has 1 aliphatic carbocycles. The van der Waals surface area contributed by atoms with Gasteiger partial charge in [0.1, 0.15) is 11.9 Å². The molecule has 1 aromatic carbocycles. The lowest BCUT2D eigenvalue weighted by Gasteiger charge is -2.36. The Morgan fingerprint density at radius 3 is 2.64 bits per heavy atom. The van der Waals surface area contributed by atoms with Crippen molar-refractivity contribution in [2.75, 3.05) is 50.8 Å². The minimum Gasteiger partial charge on any atom is -0.376 e. The molecule has 0 spiro atoms. The van der Waals surface area contributed by atoms with Crippen LogP contribution in [0.4, 0.5) is 5.82 Å². The van der Waals surface area contributed by atoms with Gasteiger partial charge in [0.2, 0.25) is 5.91 Å². The summed E-state index contributed by atoms with van der Waals surface area (Å²) in [7, 11) is 0. The zero-order valence-corrected chi connectivity index (χ0v) is 19.1. The van der Waals surface area contributed by atoms with Crippen molar-refractivity contribution in [3.63, 3.8) is 0 Å². The summed E-state index contributed by atoms with van der Waals surface area (Å²) in [6, 6.07) is 12.8. The number of ether oxygens (including phenoxy) is 1. The number of carbonyl (C=O) groups is 1. The van der Waals surface area contributed by atoms with Crippen molar-refractivity contribution in [1.29, 1.82) is 5.26 Å². The van der Waals surface area contributed by atoms with Gasteiger partial charge in [-0.05, 0) is 43.2 Å². The number of benzene rings is 1. The maximum Gasteiger partial charge on any atom is 0.234 e. The minimum absolute atomic E-state index is 0.0543. The molecule has 2 aromatic rings. The number of piperazine rings is 1. The predicted molar refractivity (Wildman–Crippen MR) is 127 cm³/mol. The summed E-state index contributed by atoms with van der Waals surface area (Å²) in [5.41, 5.74) is 5.29. The number of aromatic nitrogens is 1. The van der Waals surface area contributed by atoms with Gasteiger partial charge in [0.25, 0.3) is 0 Å². The molecule has 3 heterocycles. The Kier molecular flexibility index (Phi) is 6.56. The van der Waals surface area contributed by atoms with E-state index in [9.17, 15) is 10.1 Å². The second kappa shape index (κ2) is 9.90. The zero-order chi connectivity index (χ0) is 22.6. The summed E-state index contributed by atoms with van der Waals surface area (Å²) in [5.74, 6) is 0.859. The molecule has 7 nitrogen and oxygen atoms in total. The van der Waals surface area contributed by atoms with E-state index in [0.29, 0.717) is 13.1 Å². The number of fused-ring (bicyclic) bond motifs is 1. The van der Waals surface area contributed by atoms with Gasteiger partial charge in [-0.2, -0.15) is 5.26 Å². The lowest BCUT2D eigenvalue weighted by Crippen LogP contribution is -2.50. The standard InChI is InChI=1S/C26H31N5O2/c27-16-23-21-9-4-10-22(21)25(19-6-2-1-3-7-19)29-26(23)31-13-11-30(12-14-31)18-24(32)28-17-20-8-5-15-33-20/h1-3,6-7,20H,4-5,8-15,17-18H2,(H,28,32)/t20-/m0/s1. The van der Waals surface area contributed by atoms with Crippen LogP contribution in [-0.4, -0.2) is 67.8 Å². The van der Waals surface area contributed by atoms with Gasteiger partial charge in [-0.3, -0.25) is 9.69 Å². The Bertz CT molecular complexity index is 1030. The summed E-state index contributed by atoms with van der Waals surface area (Å²) in [4.78, 5) is 21.8. The summed E-state index contributed by atoms with van der Waals surface area (Å²) in [5, 5.41) is 13.0. The third-order valence-corrected chi connectivity index (χ3v) is 7.00. The van der Waals surface area contributed by atoms with Crippen LogP contribution in [0, 0.1) is 11.3 Å². The van der Waals surface area contributed by atoms with Crippen molar-refractivity contribution in [2.45, 2.75) is 38.2 Å². The first kappa shape index (κ1) is 21.9. The Morgan fingerprint density at radius 1 is 1.12 bits per heavy atom. The highest BCUT2D eigenvalue weighted by molar-refractivity contribution is 5.78. The van der Waals surface area contributed by atoms with E-state index in [1.54, 1.807) is 0 Å². The third kappa shape index (κ3) is 4.73. The molecule has 0 unspecified atom stereocenters. The van der Waals surface area contributed by atoms with Crippen molar-refractivity contribution in [1.82, 2.24) is 15.2 Å². The molecule has 1 amide bonds. The van der Waals surface area contributed by atoms with E-state index < -0.39 is 0 Å². The van der Waals surface area contributed by atoms with Crippen molar-refractivity contribution < 1.29 is 9.53 Å². The first-order valence-corrected chi connectivity index (χ1v) is 12.1. The van der Waals surface area contributed by atoms with Gasteiger partial charge in [-0.15, -0.1) is 0 Å². The minimum atomic E-state index is 0.0543. The largest absolute Gasteiger partial charge is 0.376 e. The topological polar surface area (TPSA) is 81.5 Å². The van der Waals surface area contributed by atoms with Crippen LogP contribution in [0.25, 0.3) is 11.3 Å². The maximum absolute atomic E-state index is 12.4. The molecule has 0 bridgehead atoms. The van der Waals surface area contributed by atoms with Gasteiger partial charge in [0, 0.05) is 44.9 Å². The number of hydrogen-bond donors (Lipinski definition) is 1. The van der Waals surface area contributed by atoms with Crippen molar-refractivity contribution in [2.24, 2.45) is 0 Å². The molecular formula is C26H31N5O2. The summed E-state index contributed by atoms with van der Waals surface area (Å²) in [6.45, 7) is 4.87. The van der Waals surface area contributed by atoms with Crippen LogP contribution >= 0.6 is 0 Å². The quantitative estimate of drug-likeness (QED) is 0.736. The summed E-state index contributed by atoms with van der Waals surface area (Å²) >= 11 is 0. The first-order valence-electron chi connectivity index (χ1n) is 12.1. The third-order valence-electron chi connectivity index (χ3n) is 7.00. The van der Waals surface area contributed by atoms with Gasteiger partial charge in [0.15, 0.2) is 0 Å². The molecular weight excluding hydrogens is 414 g/mol. The number of rotatable bonds is 6. The van der Waals surface area contributed by atoms with Crippen LogP contribution < -0.4 is 10.2 Å². The fourth-order valence-corrected chi connectivity index (χ4v) is 5.24. The van der Waals surface area contributed by atoms with Gasteiger partial charge < -0.3 is 15.0 Å². The monoisotopic (exact) mass is 445 g/mol. The molecule has 1 N–H and O–H groups in total. The van der Waals surface area contributed by atoms with Crippen molar-refractivity contribution >= 4 is 11.7 Å². The molecule has 0 radical (unpaired) electrons. The van der Waals surface area contributed by atoms with E-state index in [1.807, 2.05) is 18.2 Å². The molecule has 7 heteroatoms. The number of amides is 1. The highest BCUT2D eigenvalue weighted by atomic mass is 16.5. The fourth-order valence-electron chi connectivity index (χ4n) is 5.24. The van der Waals surface area contributed by atoms with Crippen LogP contribution in [0.5, 0.6) is 0 Å². The molecule has 33 heavy (non-hydrogen) atoms. The maximum atomic E-state index is 12.4. The van der Waals surface area contributed by atoms with Gasteiger partial charge in [-0.1, -0.05) is 30.3 Å². The molecule has 3 aliphatic rings. The van der Waals surface area contributed by atoms with E-state index in [1.165, 1.54) is 11.1 Å². The zero-order valence-electron chi connectivity index (χ0n) is 19.1. The molecule has 1 aromatic heterocycles. The van der Waals surface area contributed by atoms with Crippen LogP contribution in [0.2, 0.25) is 0 Å². The predicted octanol–water partition coefficient (Wildman–Crippen LogP) is 2.53. The van der Waals surface area contributed by atoms with E-state index in [4.69, 9.17) is 9.72 Å². The lowest BCUT2D eigenvalue weighted by atomic mass is 9.98. The summed E-state index contributed by atoms with van der Waals surface area (Å²) < 4.78 is 5.58. The molecule has 2 aliphatic heterocycles. The van der Waals surface area contributed by atoms with Crippen LogP contribution in [-0.2, 0) is 22.4 Å². The van der Waals surface area contributed by atoms with Crippen LogP contribution in [0.1, 0.15) is 36.0 Å². The Hall–Kier alpha value is -2.95. The number of nitriles is 1. The smallest absolute Gasteiger partial charge is 0.234 e. The molecule has 2 saturated heterocycles. The second-order valence-electron chi connectivity index (χ2n) is 9.15. The van der Waals surface area contributed by atoms with Crippen molar-refractivity contribution in [3.05, 3.63) is 47.0 Å². The number of nitrogens with zero attached hydrogens (tertiary/aromatic N) is 4. The van der Waals surface area contributed by atoms with Crippen molar-refractivity contribution in [3.8, 4) is 17.3 Å². The van der Waals surface area contributed by atoms with E-state index in [2.05, 4.69) is 33.3 Å². The van der Waals surface area contributed by atoms with Gasteiger partial charge in [-0.25, -0.2) is 4.98 Å². The molecule has 5 rings (SSSR count). The average Bonchev–Trinajstić information content (AvgIpc) is 3.55. The molecule has 172 valence electrons. The Labute approximate surface area is 195 Å². The van der Waals surface area contributed by atoms with Gasteiger partial charge >= 0.3 is 0 Å². The fraction of sp³-hybridized carbons (Fsp3) is 0.500. The number of nitrogens with one attached hydrogen (secondary N) is 1. The van der Waals surface area contributed by atoms with E-state index >= 15 is 0 Å². The number of anilines is 1. The Balaban J connectivity index is 1.27. The lowest BCUT2D eigenvalue weighted by molar-refractivity contribution is -0.122. The normalized spacial score (nSPS) is 20.5. The number of pyridine rings is 1. The molecule has 1 atom stereocenters. The van der Waals surface area contributed by atoms with E-state index in [-0.39, 0.29) is 12.0 Å². The van der Waals surface area contributed by atoms with E-state index in [0.717, 1.165) is 87.5 Å². The second-order valence-corrected chi connectivity index (χ2v) is 9.15. The average molecular weight is 446 g/mol. The van der Waals surface area contributed by atoms with Crippen LogP contribution in [0.15, 0.2) is 30.3 Å². The van der Waals surface area contributed by atoms with Gasteiger partial charge in [0.05, 0.1) is 23.9 Å². The molecule has 0 saturated carbocycles. The highest BCUT2D eigenvalue weighted by Crippen LogP contribution is 2.37. The molecule has 2 fully saturated rings. The summed E-state index contributed by atoms with van der Waals surface area (Å²) in [6.07, 6.45) is 5.27. The number of hydrogen-bond acceptors (Lipinski definition) is 6. The van der Waals surface area contributed by atoms with Crippen LogP contribution in [0.3, 0.4) is 0 Å². The number of carbonyl (C=O) groups excluding carboxylic acids is 1. The highest BCUT2D eigenvalue weighted by Gasteiger charge is 2.28. The first-order chi connectivity index (χ1) is 16.2. The Morgan fingerprint density at radius 2 is 1.91 bits per heavy atom.